The third kappa shape index (κ3) is 7.48. The number of hydrogen-bond donors (Lipinski definition) is 2. The van der Waals surface area contributed by atoms with Crippen molar-refractivity contribution in [3.63, 3.8) is 0 Å². The van der Waals surface area contributed by atoms with Gasteiger partial charge in [-0.3, -0.25) is 14.5 Å². The van der Waals surface area contributed by atoms with Gasteiger partial charge in [0.25, 0.3) is 5.91 Å². The molecule has 7 nitrogen and oxygen atoms in total. The van der Waals surface area contributed by atoms with Crippen molar-refractivity contribution in [3.05, 3.63) is 118 Å². The number of halogens is 1. The zero-order valence-electron chi connectivity index (χ0n) is 26.5. The number of pyridine rings is 1. The highest BCUT2D eigenvalue weighted by Crippen LogP contribution is 2.34. The summed E-state index contributed by atoms with van der Waals surface area (Å²) in [7, 11) is 0. The Morgan fingerprint density at radius 3 is 2.45 bits per heavy atom. The van der Waals surface area contributed by atoms with Crippen molar-refractivity contribution in [3.8, 4) is 0 Å². The summed E-state index contributed by atoms with van der Waals surface area (Å²) in [6.45, 7) is 15.1. The molecule has 2 aromatic heterocycles. The fraction of sp³-hybridized carbons (Fsp3) is 0.333. The van der Waals surface area contributed by atoms with E-state index in [4.69, 9.17) is 0 Å². The Balaban J connectivity index is 1.74. The first kappa shape index (κ1) is 32.3. The number of aliphatic hydroxyl groups excluding tert-OH is 1. The first-order chi connectivity index (χ1) is 21.1. The lowest BCUT2D eigenvalue weighted by atomic mass is 9.98. The molecule has 1 aliphatic rings. The molecule has 0 aliphatic heterocycles. The van der Waals surface area contributed by atoms with Gasteiger partial charge in [0, 0.05) is 35.8 Å². The summed E-state index contributed by atoms with van der Waals surface area (Å²) in [5, 5.41) is 18.9. The van der Waals surface area contributed by atoms with E-state index in [1.54, 1.807) is 26.1 Å². The van der Waals surface area contributed by atoms with E-state index in [-0.39, 0.29) is 12.0 Å². The minimum absolute atomic E-state index is 0.0246. The van der Waals surface area contributed by atoms with E-state index in [0.29, 0.717) is 34.2 Å². The third-order valence-corrected chi connectivity index (χ3v) is 7.99. The van der Waals surface area contributed by atoms with Gasteiger partial charge in [-0.1, -0.05) is 50.3 Å². The number of para-hydroxylation sites is 1. The second-order valence-corrected chi connectivity index (χ2v) is 11.2. The van der Waals surface area contributed by atoms with Gasteiger partial charge in [-0.15, -0.1) is 0 Å². The zero-order valence-corrected chi connectivity index (χ0v) is 26.5. The molecule has 2 heterocycles. The number of aliphatic imine (C=N–C) groups is 1. The summed E-state index contributed by atoms with van der Waals surface area (Å²) in [6, 6.07) is 9.93. The highest BCUT2D eigenvalue weighted by Gasteiger charge is 2.25. The number of carbonyl (C=O) groups excluding carboxylic acids is 1. The Bertz CT molecular complexity index is 1670. The standard InChI is InChI=1S/C36H42FN5O2/c1-8-26-12-11-13-27(9-2)34(26)40-36(44)31(35(43)39-25(7)33-17-19-42(41-33)28-14-15-28)20-22(4)21-32(37)29(10-3)30-16-18-38-24(6)23(30)5/h10-13,16-19,21,28,43H,3,8-9,14-15,20H2,1-2,4-7H3,(H,40,44)/b22-21+,32-29-,35-31?,39-25?. The highest BCUT2D eigenvalue weighted by atomic mass is 19.1. The number of amides is 1. The number of aryl methyl sites for hydroxylation is 3. The van der Waals surface area contributed by atoms with E-state index in [1.807, 2.05) is 62.8 Å². The highest BCUT2D eigenvalue weighted by molar-refractivity contribution is 6.06. The van der Waals surface area contributed by atoms with Gasteiger partial charge < -0.3 is 10.4 Å². The van der Waals surface area contributed by atoms with E-state index in [9.17, 15) is 9.90 Å². The van der Waals surface area contributed by atoms with Crippen LogP contribution in [0.5, 0.6) is 0 Å². The molecule has 0 unspecified atom stereocenters. The van der Waals surface area contributed by atoms with Crippen molar-refractivity contribution >= 4 is 22.9 Å². The number of rotatable bonds is 12. The number of aliphatic hydroxyl groups is 1. The summed E-state index contributed by atoms with van der Waals surface area (Å²) < 4.78 is 17.6. The van der Waals surface area contributed by atoms with Crippen LogP contribution in [-0.4, -0.2) is 31.5 Å². The zero-order chi connectivity index (χ0) is 32.0. The number of aromatic nitrogens is 3. The first-order valence-electron chi connectivity index (χ1n) is 15.1. The van der Waals surface area contributed by atoms with E-state index in [1.165, 1.54) is 12.2 Å². The van der Waals surface area contributed by atoms with Crippen LogP contribution in [0, 0.1) is 13.8 Å². The van der Waals surface area contributed by atoms with Gasteiger partial charge in [0.2, 0.25) is 5.88 Å². The molecule has 0 spiro atoms. The van der Waals surface area contributed by atoms with Crippen molar-refractivity contribution in [2.45, 2.75) is 79.7 Å². The van der Waals surface area contributed by atoms with Crippen molar-refractivity contribution < 1.29 is 14.3 Å². The van der Waals surface area contributed by atoms with Crippen LogP contribution in [0.15, 0.2) is 89.3 Å². The van der Waals surface area contributed by atoms with Crippen LogP contribution in [0.25, 0.3) is 5.57 Å². The van der Waals surface area contributed by atoms with Gasteiger partial charge in [-0.25, -0.2) is 9.38 Å². The van der Waals surface area contributed by atoms with Crippen LogP contribution in [-0.2, 0) is 17.6 Å². The van der Waals surface area contributed by atoms with Crippen LogP contribution in [0.3, 0.4) is 0 Å². The second kappa shape index (κ2) is 14.3. The fourth-order valence-electron chi connectivity index (χ4n) is 5.10. The van der Waals surface area contributed by atoms with E-state index < -0.39 is 17.6 Å². The molecule has 1 saturated carbocycles. The molecule has 0 atom stereocenters. The molecule has 2 N–H and O–H groups in total. The average molecular weight is 596 g/mol. The quantitative estimate of drug-likeness (QED) is 0.0951. The maximum Gasteiger partial charge on any atom is 0.257 e. The van der Waals surface area contributed by atoms with Crippen LogP contribution in [0.2, 0.25) is 0 Å². The topological polar surface area (TPSA) is 92.4 Å². The van der Waals surface area contributed by atoms with Gasteiger partial charge >= 0.3 is 0 Å². The minimum Gasteiger partial charge on any atom is -0.493 e. The largest absolute Gasteiger partial charge is 0.493 e. The lowest BCUT2D eigenvalue weighted by molar-refractivity contribution is -0.113. The normalized spacial score (nSPS) is 15.1. The summed E-state index contributed by atoms with van der Waals surface area (Å²) in [5.74, 6) is -1.44. The Kier molecular flexibility index (Phi) is 10.5. The molecule has 4 rings (SSSR count). The number of hydrogen-bond acceptors (Lipinski definition) is 5. The molecule has 1 aromatic carbocycles. The molecule has 44 heavy (non-hydrogen) atoms. The fourth-order valence-corrected chi connectivity index (χ4v) is 5.10. The molecule has 0 radical (unpaired) electrons. The van der Waals surface area contributed by atoms with Gasteiger partial charge in [-0.2, -0.15) is 5.10 Å². The van der Waals surface area contributed by atoms with Crippen molar-refractivity contribution in [2.24, 2.45) is 4.99 Å². The molecular weight excluding hydrogens is 553 g/mol. The Morgan fingerprint density at radius 2 is 1.84 bits per heavy atom. The average Bonchev–Trinajstić information content (AvgIpc) is 3.73. The monoisotopic (exact) mass is 595 g/mol. The number of nitrogens with one attached hydrogen (secondary N) is 1. The van der Waals surface area contributed by atoms with Crippen molar-refractivity contribution in [2.75, 3.05) is 5.32 Å². The number of nitrogens with zero attached hydrogens (tertiary/aromatic N) is 4. The van der Waals surface area contributed by atoms with Crippen LogP contribution < -0.4 is 5.32 Å². The number of carbonyl (C=O) groups is 1. The first-order valence-corrected chi connectivity index (χ1v) is 15.1. The molecule has 0 saturated heterocycles. The molecule has 3 aromatic rings. The van der Waals surface area contributed by atoms with Gasteiger partial charge in [0.1, 0.15) is 11.5 Å². The third-order valence-electron chi connectivity index (χ3n) is 7.99. The molecular formula is C36H42FN5O2. The maximum absolute atomic E-state index is 15.7. The van der Waals surface area contributed by atoms with Crippen LogP contribution >= 0.6 is 0 Å². The van der Waals surface area contributed by atoms with E-state index in [2.05, 4.69) is 27.0 Å². The van der Waals surface area contributed by atoms with Crippen molar-refractivity contribution in [1.29, 1.82) is 0 Å². The van der Waals surface area contributed by atoms with Crippen LogP contribution in [0.1, 0.15) is 86.6 Å². The molecule has 8 heteroatoms. The van der Waals surface area contributed by atoms with Gasteiger partial charge in [0.05, 0.1) is 17.3 Å². The summed E-state index contributed by atoms with van der Waals surface area (Å²) in [5.41, 5.74) is 7.02. The van der Waals surface area contributed by atoms with Crippen molar-refractivity contribution in [1.82, 2.24) is 14.8 Å². The van der Waals surface area contributed by atoms with E-state index in [0.717, 1.165) is 53.8 Å². The van der Waals surface area contributed by atoms with Gasteiger partial charge in [-0.05, 0) is 93.8 Å². The molecule has 230 valence electrons. The Hall–Kier alpha value is -4.59. The Morgan fingerprint density at radius 1 is 1.16 bits per heavy atom. The summed E-state index contributed by atoms with van der Waals surface area (Å²) >= 11 is 0. The molecule has 0 bridgehead atoms. The SMILES string of the molecule is C=C/C(=C(F)\C=C(/C)CC(C(=O)Nc1c(CC)cccc1CC)=C(O)N=C(C)c1ccn(C2CC2)n1)c1ccnc(C)c1C. The summed E-state index contributed by atoms with van der Waals surface area (Å²) in [4.78, 5) is 22.5. The maximum atomic E-state index is 15.7. The number of anilines is 1. The summed E-state index contributed by atoms with van der Waals surface area (Å²) in [6.07, 6.45) is 9.99. The smallest absolute Gasteiger partial charge is 0.257 e. The number of allylic oxidation sites excluding steroid dienone is 5. The minimum atomic E-state index is -0.500. The second-order valence-electron chi connectivity index (χ2n) is 11.2. The predicted molar refractivity (Wildman–Crippen MR) is 177 cm³/mol. The number of benzene rings is 1. The Labute approximate surface area is 259 Å². The molecule has 1 amide bonds. The lowest BCUT2D eigenvalue weighted by Gasteiger charge is -2.16. The molecule has 1 aliphatic carbocycles. The predicted octanol–water partition coefficient (Wildman–Crippen LogP) is 8.48. The van der Waals surface area contributed by atoms with E-state index >= 15 is 4.39 Å². The van der Waals surface area contributed by atoms with Crippen LogP contribution in [0.4, 0.5) is 10.1 Å². The lowest BCUT2D eigenvalue weighted by Crippen LogP contribution is -2.19. The van der Waals surface area contributed by atoms with Gasteiger partial charge in [0.15, 0.2) is 0 Å². The molecule has 1 fully saturated rings.